The molecule has 3 aromatic rings. The summed E-state index contributed by atoms with van der Waals surface area (Å²) in [6.45, 7) is 6.04. The van der Waals surface area contributed by atoms with Gasteiger partial charge in [0.05, 0.1) is 56.4 Å². The van der Waals surface area contributed by atoms with Crippen LogP contribution in [0.3, 0.4) is 0 Å². The van der Waals surface area contributed by atoms with Gasteiger partial charge in [0.15, 0.2) is 27.8 Å². The van der Waals surface area contributed by atoms with Crippen LogP contribution in [0.1, 0.15) is 37.9 Å². The maximum absolute atomic E-state index is 13.9. The number of hydrogen-bond acceptors (Lipinski definition) is 9. The molecular weight excluding hydrogens is 588 g/mol. The number of methoxy groups -OCH3 is 3. The van der Waals surface area contributed by atoms with Crippen LogP contribution in [0.4, 0.5) is 0 Å². The maximum Gasteiger partial charge on any atom is 0.338 e. The van der Waals surface area contributed by atoms with Crippen molar-refractivity contribution < 1.29 is 28.5 Å². The van der Waals surface area contributed by atoms with E-state index in [1.54, 1.807) is 64.5 Å². The zero-order valence-electron chi connectivity index (χ0n) is 22.5. The number of allylic oxidation sites excluding steroid dienone is 1. The number of rotatable bonds is 9. The van der Waals surface area contributed by atoms with Crippen molar-refractivity contribution in [1.29, 1.82) is 0 Å². The molecule has 0 amide bonds. The van der Waals surface area contributed by atoms with E-state index in [0.29, 0.717) is 50.2 Å². The maximum atomic E-state index is 13.9. The quantitative estimate of drug-likeness (QED) is 0.335. The number of carbonyl (C=O) groups excluding carboxylic acids is 1. The molecule has 2 aromatic carbocycles. The highest BCUT2D eigenvalue weighted by atomic mass is 79.9. The summed E-state index contributed by atoms with van der Waals surface area (Å²) in [4.78, 5) is 32.2. The predicted molar refractivity (Wildman–Crippen MR) is 152 cm³/mol. The van der Waals surface area contributed by atoms with Gasteiger partial charge in [0.25, 0.3) is 5.56 Å². The van der Waals surface area contributed by atoms with Crippen molar-refractivity contribution in [1.82, 2.24) is 4.57 Å². The van der Waals surface area contributed by atoms with Gasteiger partial charge >= 0.3 is 5.97 Å². The monoisotopic (exact) mass is 616 g/mol. The van der Waals surface area contributed by atoms with Gasteiger partial charge in [-0.25, -0.2) is 9.79 Å². The fourth-order valence-corrected chi connectivity index (χ4v) is 5.83. The largest absolute Gasteiger partial charge is 0.493 e. The SMILES string of the molecule is CCOC(=O)C1=C(C)N=c2s/c(=C/c3cc(OC)c(OCC)cc3Br)c(=O)n2[C@@H]1c1ccc(OC)c(OC)c1. The first-order chi connectivity index (χ1) is 18.8. The molecule has 1 aliphatic rings. The third-order valence-electron chi connectivity index (χ3n) is 6.11. The van der Waals surface area contributed by atoms with Gasteiger partial charge in [-0.3, -0.25) is 9.36 Å². The van der Waals surface area contributed by atoms with Gasteiger partial charge in [0, 0.05) is 4.47 Å². The second-order valence-electron chi connectivity index (χ2n) is 8.37. The Morgan fingerprint density at radius 2 is 1.72 bits per heavy atom. The second-order valence-corrected chi connectivity index (χ2v) is 10.2. The molecule has 0 saturated carbocycles. The Hall–Kier alpha value is -3.57. The summed E-state index contributed by atoms with van der Waals surface area (Å²) in [6.07, 6.45) is 1.77. The molecule has 4 rings (SSSR count). The van der Waals surface area contributed by atoms with E-state index < -0.39 is 12.0 Å². The lowest BCUT2D eigenvalue weighted by Crippen LogP contribution is -2.40. The molecule has 2 heterocycles. The third kappa shape index (κ3) is 5.46. The van der Waals surface area contributed by atoms with E-state index in [-0.39, 0.29) is 17.7 Å². The number of fused-ring (bicyclic) bond motifs is 1. The van der Waals surface area contributed by atoms with E-state index in [2.05, 4.69) is 20.9 Å². The number of benzene rings is 2. The van der Waals surface area contributed by atoms with Gasteiger partial charge in [0.2, 0.25) is 0 Å². The van der Waals surface area contributed by atoms with E-state index in [9.17, 15) is 9.59 Å². The van der Waals surface area contributed by atoms with Crippen LogP contribution in [0.5, 0.6) is 23.0 Å². The molecule has 0 fully saturated rings. The molecule has 0 aliphatic carbocycles. The molecule has 9 nitrogen and oxygen atoms in total. The van der Waals surface area contributed by atoms with Gasteiger partial charge in [-0.15, -0.1) is 0 Å². The highest BCUT2D eigenvalue weighted by Gasteiger charge is 2.34. The Bertz CT molecular complexity index is 1620. The Balaban J connectivity index is 1.96. The molecular formula is C28H29BrN2O7S. The molecule has 0 bridgehead atoms. The van der Waals surface area contributed by atoms with E-state index in [4.69, 9.17) is 23.7 Å². The Labute approximate surface area is 238 Å². The van der Waals surface area contributed by atoms with Crippen molar-refractivity contribution in [3.8, 4) is 23.0 Å². The van der Waals surface area contributed by atoms with E-state index in [0.717, 1.165) is 10.0 Å². The number of nitrogens with zero attached hydrogens (tertiary/aromatic N) is 2. The van der Waals surface area contributed by atoms with Gasteiger partial charge in [-0.1, -0.05) is 33.3 Å². The van der Waals surface area contributed by atoms with Crippen molar-refractivity contribution in [2.45, 2.75) is 26.8 Å². The number of esters is 1. The summed E-state index contributed by atoms with van der Waals surface area (Å²) >= 11 is 4.81. The fraction of sp³-hybridized carbons (Fsp3) is 0.321. The van der Waals surface area contributed by atoms with Gasteiger partial charge in [0.1, 0.15) is 0 Å². The minimum atomic E-state index is -0.777. The van der Waals surface area contributed by atoms with Gasteiger partial charge < -0.3 is 23.7 Å². The van der Waals surface area contributed by atoms with Gasteiger partial charge in [-0.2, -0.15) is 0 Å². The van der Waals surface area contributed by atoms with Crippen molar-refractivity contribution in [3.05, 3.63) is 76.9 Å². The molecule has 1 atom stereocenters. The summed E-state index contributed by atoms with van der Waals surface area (Å²) in [5, 5.41) is 0. The average molecular weight is 618 g/mol. The number of ether oxygens (including phenoxy) is 5. The molecule has 0 spiro atoms. The zero-order chi connectivity index (χ0) is 28.3. The first-order valence-electron chi connectivity index (χ1n) is 12.2. The van der Waals surface area contributed by atoms with Crippen LogP contribution in [-0.4, -0.2) is 45.1 Å². The summed E-state index contributed by atoms with van der Waals surface area (Å²) in [7, 11) is 4.64. The zero-order valence-corrected chi connectivity index (χ0v) is 24.9. The third-order valence-corrected chi connectivity index (χ3v) is 7.78. The summed E-state index contributed by atoms with van der Waals surface area (Å²) in [5.74, 6) is 1.60. The normalized spacial score (nSPS) is 14.9. The number of halogens is 1. The highest BCUT2D eigenvalue weighted by molar-refractivity contribution is 9.10. The molecule has 0 radical (unpaired) electrons. The lowest BCUT2D eigenvalue weighted by Gasteiger charge is -2.25. The van der Waals surface area contributed by atoms with Crippen LogP contribution < -0.4 is 33.8 Å². The molecule has 1 aromatic heterocycles. The number of carbonyl (C=O) groups is 1. The van der Waals surface area contributed by atoms with Crippen LogP contribution in [-0.2, 0) is 9.53 Å². The number of thiazole rings is 1. The Kier molecular flexibility index (Phi) is 8.81. The summed E-state index contributed by atoms with van der Waals surface area (Å²) < 4.78 is 30.1. The van der Waals surface area contributed by atoms with E-state index in [1.807, 2.05) is 6.92 Å². The Morgan fingerprint density at radius 3 is 2.36 bits per heavy atom. The molecule has 0 unspecified atom stereocenters. The molecule has 1 aliphatic heterocycles. The van der Waals surface area contributed by atoms with E-state index in [1.165, 1.54) is 23.0 Å². The fourth-order valence-electron chi connectivity index (χ4n) is 4.36. The van der Waals surface area contributed by atoms with Crippen LogP contribution in [0.15, 0.2) is 55.9 Å². The minimum Gasteiger partial charge on any atom is -0.493 e. The summed E-state index contributed by atoms with van der Waals surface area (Å²) in [6, 6.07) is 8.13. The average Bonchev–Trinajstić information content (AvgIpc) is 3.23. The van der Waals surface area contributed by atoms with Crippen molar-refractivity contribution in [2.75, 3.05) is 34.5 Å². The van der Waals surface area contributed by atoms with Crippen molar-refractivity contribution >= 4 is 39.3 Å². The molecule has 39 heavy (non-hydrogen) atoms. The van der Waals surface area contributed by atoms with Crippen LogP contribution in [0, 0.1) is 0 Å². The predicted octanol–water partition coefficient (Wildman–Crippen LogP) is 3.99. The van der Waals surface area contributed by atoms with Crippen LogP contribution >= 0.6 is 27.3 Å². The number of hydrogen-bond donors (Lipinski definition) is 0. The van der Waals surface area contributed by atoms with Crippen LogP contribution in [0.2, 0.25) is 0 Å². The van der Waals surface area contributed by atoms with E-state index >= 15 is 0 Å². The molecule has 0 saturated heterocycles. The first kappa shape index (κ1) is 28.4. The topological polar surface area (TPSA) is 97.6 Å². The molecule has 206 valence electrons. The molecule has 11 heteroatoms. The lowest BCUT2D eigenvalue weighted by molar-refractivity contribution is -0.139. The first-order valence-corrected chi connectivity index (χ1v) is 13.8. The molecule has 0 N–H and O–H groups in total. The highest BCUT2D eigenvalue weighted by Crippen LogP contribution is 2.36. The van der Waals surface area contributed by atoms with Crippen molar-refractivity contribution in [3.63, 3.8) is 0 Å². The van der Waals surface area contributed by atoms with Crippen LogP contribution in [0.25, 0.3) is 6.08 Å². The Morgan fingerprint density at radius 1 is 1.03 bits per heavy atom. The smallest absolute Gasteiger partial charge is 0.338 e. The second kappa shape index (κ2) is 12.1. The standard InChI is InChI=1S/C28H29BrN2O7S/c1-7-37-22-14-18(29)17(12-21(22)36-6)13-23-26(32)31-25(16-9-10-19(34-4)20(11-16)35-5)24(27(33)38-8-2)15(3)30-28(31)39-23/h9-14,25H,7-8H2,1-6H3/b23-13+/t25-/m1/s1. The van der Waals surface area contributed by atoms with Gasteiger partial charge in [-0.05, 0) is 62.2 Å². The lowest BCUT2D eigenvalue weighted by atomic mass is 9.95. The van der Waals surface area contributed by atoms with Crippen molar-refractivity contribution in [2.24, 2.45) is 4.99 Å². The minimum absolute atomic E-state index is 0.187. The number of aromatic nitrogens is 1. The summed E-state index contributed by atoms with van der Waals surface area (Å²) in [5.41, 5.74) is 1.84.